The first-order chi connectivity index (χ1) is 15.6. The number of amides is 2. The number of rotatable bonds is 6. The van der Waals surface area contributed by atoms with Crippen LogP contribution >= 0.6 is 0 Å². The van der Waals surface area contributed by atoms with Crippen LogP contribution < -0.4 is 20.9 Å². The molecule has 2 aromatic carbocycles. The van der Waals surface area contributed by atoms with E-state index in [9.17, 15) is 9.59 Å². The first kappa shape index (κ1) is 20.9. The van der Waals surface area contributed by atoms with E-state index in [1.165, 1.54) is 17.9 Å². The van der Waals surface area contributed by atoms with E-state index in [0.717, 1.165) is 5.56 Å². The Kier molecular flexibility index (Phi) is 5.98. The quantitative estimate of drug-likeness (QED) is 0.430. The van der Waals surface area contributed by atoms with Crippen LogP contribution in [0.15, 0.2) is 71.5 Å². The number of benzene rings is 2. The van der Waals surface area contributed by atoms with Crippen molar-refractivity contribution in [2.24, 2.45) is 0 Å². The van der Waals surface area contributed by atoms with Gasteiger partial charge in [-0.05, 0) is 18.6 Å². The number of para-hydroxylation sites is 2. The van der Waals surface area contributed by atoms with E-state index >= 15 is 0 Å². The van der Waals surface area contributed by atoms with Gasteiger partial charge in [-0.15, -0.1) is 0 Å². The first-order valence-electron chi connectivity index (χ1n) is 10.0. The van der Waals surface area contributed by atoms with Crippen molar-refractivity contribution < 1.29 is 9.53 Å². The Morgan fingerprint density at radius 2 is 1.81 bits per heavy atom. The number of ether oxygens (including phenoxy) is 1. The molecule has 0 spiro atoms. The van der Waals surface area contributed by atoms with Crippen LogP contribution in [-0.2, 0) is 6.42 Å². The molecule has 9 heteroatoms. The summed E-state index contributed by atoms with van der Waals surface area (Å²) in [5.74, 6) is 1.08. The molecule has 0 radical (unpaired) electrons. The summed E-state index contributed by atoms with van der Waals surface area (Å²) in [5.41, 5.74) is 2.30. The Morgan fingerprint density at radius 1 is 1.06 bits per heavy atom. The van der Waals surface area contributed by atoms with Gasteiger partial charge in [-0.2, -0.15) is 9.78 Å². The molecule has 0 aliphatic heterocycles. The molecule has 162 valence electrons. The minimum atomic E-state index is -0.496. The number of carbonyl (C=O) groups excluding carboxylic acids is 1. The second kappa shape index (κ2) is 9.17. The van der Waals surface area contributed by atoms with Crippen LogP contribution in [0.1, 0.15) is 12.6 Å². The van der Waals surface area contributed by atoms with Crippen molar-refractivity contribution in [1.29, 1.82) is 0 Å². The number of nitrogens with zero attached hydrogens (tertiary/aromatic N) is 3. The predicted molar refractivity (Wildman–Crippen MR) is 122 cm³/mol. The normalized spacial score (nSPS) is 10.6. The summed E-state index contributed by atoms with van der Waals surface area (Å²) in [6.07, 6.45) is 0.584. The highest BCUT2D eigenvalue weighted by atomic mass is 16.5. The Balaban J connectivity index is 1.71. The second-order valence-corrected chi connectivity index (χ2v) is 6.89. The van der Waals surface area contributed by atoms with Crippen molar-refractivity contribution in [1.82, 2.24) is 19.7 Å². The van der Waals surface area contributed by atoms with E-state index in [1.807, 2.05) is 43.3 Å². The second-order valence-electron chi connectivity index (χ2n) is 6.89. The molecule has 2 amide bonds. The average Bonchev–Trinajstić information content (AvgIpc) is 3.23. The summed E-state index contributed by atoms with van der Waals surface area (Å²) in [4.78, 5) is 32.0. The van der Waals surface area contributed by atoms with Gasteiger partial charge in [-0.25, -0.2) is 9.78 Å². The Morgan fingerprint density at radius 3 is 2.56 bits per heavy atom. The van der Waals surface area contributed by atoms with Gasteiger partial charge in [0, 0.05) is 23.4 Å². The highest BCUT2D eigenvalue weighted by molar-refractivity contribution is 6.00. The summed E-state index contributed by atoms with van der Waals surface area (Å²) in [6, 6.07) is 19.3. The van der Waals surface area contributed by atoms with Crippen molar-refractivity contribution in [3.63, 3.8) is 0 Å². The number of aromatic nitrogens is 4. The van der Waals surface area contributed by atoms with Crippen LogP contribution in [0, 0.1) is 0 Å². The number of aryl methyl sites for hydroxylation is 1. The topological polar surface area (TPSA) is 114 Å². The smallest absolute Gasteiger partial charge is 0.324 e. The molecule has 0 saturated carbocycles. The van der Waals surface area contributed by atoms with Crippen LogP contribution in [0.4, 0.5) is 16.3 Å². The van der Waals surface area contributed by atoms with Gasteiger partial charge in [0.2, 0.25) is 5.95 Å². The van der Waals surface area contributed by atoms with Crippen LogP contribution in [-0.4, -0.2) is 32.9 Å². The van der Waals surface area contributed by atoms with Crippen LogP contribution in [0.3, 0.4) is 0 Å². The number of H-pyrrole nitrogens is 1. The molecule has 32 heavy (non-hydrogen) atoms. The van der Waals surface area contributed by atoms with E-state index in [-0.39, 0.29) is 11.5 Å². The van der Waals surface area contributed by atoms with Gasteiger partial charge in [-0.3, -0.25) is 15.1 Å². The fourth-order valence-electron chi connectivity index (χ4n) is 3.17. The van der Waals surface area contributed by atoms with Crippen molar-refractivity contribution in [3.05, 3.63) is 82.8 Å². The minimum Gasteiger partial charge on any atom is -0.495 e. The van der Waals surface area contributed by atoms with Gasteiger partial charge in [0.15, 0.2) is 0 Å². The zero-order valence-corrected chi connectivity index (χ0v) is 17.6. The number of carbonyl (C=O) groups is 1. The lowest BCUT2D eigenvalue weighted by Gasteiger charge is -2.12. The lowest BCUT2D eigenvalue weighted by molar-refractivity contribution is 0.262. The van der Waals surface area contributed by atoms with Gasteiger partial charge >= 0.3 is 6.03 Å². The number of hydrogen-bond donors (Lipinski definition) is 3. The monoisotopic (exact) mass is 430 g/mol. The van der Waals surface area contributed by atoms with Gasteiger partial charge in [0.25, 0.3) is 5.56 Å². The van der Waals surface area contributed by atoms with Crippen molar-refractivity contribution in [2.75, 3.05) is 17.7 Å². The molecule has 0 atom stereocenters. The number of hydrogen-bond acceptors (Lipinski definition) is 5. The SMILES string of the molecule is CCc1cc(=O)[nH]c(-n2nc(-c3ccccc3)cc2NC(=O)Nc2ccccc2OC)n1. The molecule has 0 unspecified atom stereocenters. The molecule has 0 bridgehead atoms. The summed E-state index contributed by atoms with van der Waals surface area (Å²) in [7, 11) is 1.53. The van der Waals surface area contributed by atoms with E-state index in [1.54, 1.807) is 24.3 Å². The molecule has 0 aliphatic rings. The maximum Gasteiger partial charge on any atom is 0.324 e. The third-order valence-electron chi connectivity index (χ3n) is 4.72. The first-order valence-corrected chi connectivity index (χ1v) is 10.0. The molecular formula is C23H22N6O3. The molecular weight excluding hydrogens is 408 g/mol. The summed E-state index contributed by atoms with van der Waals surface area (Å²) in [5, 5.41) is 10.1. The average molecular weight is 430 g/mol. The highest BCUT2D eigenvalue weighted by Gasteiger charge is 2.16. The third-order valence-corrected chi connectivity index (χ3v) is 4.72. The molecule has 3 N–H and O–H groups in total. The van der Waals surface area contributed by atoms with Gasteiger partial charge in [0.1, 0.15) is 11.6 Å². The summed E-state index contributed by atoms with van der Waals surface area (Å²) >= 11 is 0. The highest BCUT2D eigenvalue weighted by Crippen LogP contribution is 2.25. The fourth-order valence-corrected chi connectivity index (χ4v) is 3.17. The maximum atomic E-state index is 12.8. The number of anilines is 2. The number of nitrogens with one attached hydrogen (secondary N) is 3. The van der Waals surface area contributed by atoms with Gasteiger partial charge < -0.3 is 10.1 Å². The molecule has 0 fully saturated rings. The van der Waals surface area contributed by atoms with Crippen molar-refractivity contribution in [3.8, 4) is 23.0 Å². The fraction of sp³-hybridized carbons (Fsp3) is 0.130. The van der Waals surface area contributed by atoms with E-state index in [2.05, 4.69) is 25.7 Å². The lowest BCUT2D eigenvalue weighted by Crippen LogP contribution is -2.23. The predicted octanol–water partition coefficient (Wildman–Crippen LogP) is 3.84. The largest absolute Gasteiger partial charge is 0.495 e. The molecule has 0 aliphatic carbocycles. The summed E-state index contributed by atoms with van der Waals surface area (Å²) in [6.45, 7) is 1.91. The van der Waals surface area contributed by atoms with E-state index in [0.29, 0.717) is 35.1 Å². The molecule has 4 rings (SSSR count). The zero-order valence-electron chi connectivity index (χ0n) is 17.6. The zero-order chi connectivity index (χ0) is 22.5. The van der Waals surface area contributed by atoms with Crippen LogP contribution in [0.5, 0.6) is 5.75 Å². The summed E-state index contributed by atoms with van der Waals surface area (Å²) < 4.78 is 6.69. The number of aromatic amines is 1. The molecule has 9 nitrogen and oxygen atoms in total. The Hall–Kier alpha value is -4.40. The van der Waals surface area contributed by atoms with E-state index in [4.69, 9.17) is 4.74 Å². The number of urea groups is 1. The minimum absolute atomic E-state index is 0.212. The lowest BCUT2D eigenvalue weighted by atomic mass is 10.2. The maximum absolute atomic E-state index is 12.8. The Bertz CT molecular complexity index is 1300. The van der Waals surface area contributed by atoms with Crippen molar-refractivity contribution >= 4 is 17.5 Å². The third kappa shape index (κ3) is 4.51. The van der Waals surface area contributed by atoms with Gasteiger partial charge in [-0.1, -0.05) is 49.4 Å². The molecule has 0 saturated heterocycles. The number of methoxy groups -OCH3 is 1. The standard InChI is InChI=1S/C23H22N6O3/c1-3-16-13-21(30)27-22(24-16)29-20(14-18(28-29)15-9-5-4-6-10-15)26-23(31)25-17-11-7-8-12-19(17)32-2/h4-14H,3H2,1-2H3,(H,24,27,30)(H2,25,26,31). The molecule has 4 aromatic rings. The van der Waals surface area contributed by atoms with Crippen LogP contribution in [0.25, 0.3) is 17.2 Å². The van der Waals surface area contributed by atoms with E-state index < -0.39 is 6.03 Å². The molecule has 2 aromatic heterocycles. The Labute approximate surface area is 184 Å². The van der Waals surface area contributed by atoms with Crippen molar-refractivity contribution in [2.45, 2.75) is 13.3 Å². The van der Waals surface area contributed by atoms with Gasteiger partial charge in [0.05, 0.1) is 18.5 Å². The molecule has 2 heterocycles. The van der Waals surface area contributed by atoms with Crippen LogP contribution in [0.2, 0.25) is 0 Å².